The van der Waals surface area contributed by atoms with Gasteiger partial charge in [0.1, 0.15) is 0 Å². The summed E-state index contributed by atoms with van der Waals surface area (Å²) >= 11 is 0. The minimum absolute atomic E-state index is 0.221. The summed E-state index contributed by atoms with van der Waals surface area (Å²) in [6.45, 7) is 1.17. The third-order valence-electron chi connectivity index (χ3n) is 1.39. The zero-order chi connectivity index (χ0) is 10.2. The van der Waals surface area contributed by atoms with E-state index in [0.29, 0.717) is 0 Å². The molecule has 0 unspecified atom stereocenters. The van der Waals surface area contributed by atoms with Crippen molar-refractivity contribution in [2.45, 2.75) is 13.1 Å². The van der Waals surface area contributed by atoms with E-state index in [0.717, 1.165) is 0 Å². The molecule has 0 aromatic carbocycles. The van der Waals surface area contributed by atoms with Crippen LogP contribution in [0.15, 0.2) is 0 Å². The summed E-state index contributed by atoms with van der Waals surface area (Å²) in [7, 11) is 0. The number of H-pyrrole nitrogens is 1. The molecule has 72 valence electrons. The Kier molecular flexibility index (Phi) is 2.02. The van der Waals surface area contributed by atoms with Crippen LogP contribution in [0.25, 0.3) is 0 Å². The number of hydrogen-bond acceptors (Lipinski definition) is 2. The first-order valence-electron chi connectivity index (χ1n) is 3.26. The van der Waals surface area contributed by atoms with E-state index in [2.05, 4.69) is 9.97 Å². The van der Waals surface area contributed by atoms with Crippen LogP contribution in [0.4, 0.5) is 13.2 Å². The van der Waals surface area contributed by atoms with E-state index in [-0.39, 0.29) is 5.69 Å². The van der Waals surface area contributed by atoms with Gasteiger partial charge in [-0.3, -0.25) is 4.79 Å². The fraction of sp³-hybridized carbons (Fsp3) is 0.333. The molecule has 0 aliphatic rings. The Morgan fingerprint density at radius 2 is 2.08 bits per heavy atom. The van der Waals surface area contributed by atoms with E-state index in [1.165, 1.54) is 6.92 Å². The van der Waals surface area contributed by atoms with Gasteiger partial charge < -0.3 is 10.7 Å². The van der Waals surface area contributed by atoms with Gasteiger partial charge in [-0.2, -0.15) is 13.2 Å². The maximum Gasteiger partial charge on any atom is 0.435 e. The van der Waals surface area contributed by atoms with Crippen molar-refractivity contribution in [3.8, 4) is 0 Å². The van der Waals surface area contributed by atoms with Crippen LogP contribution in [-0.4, -0.2) is 15.9 Å². The lowest BCUT2D eigenvalue weighted by atomic mass is 10.3. The summed E-state index contributed by atoms with van der Waals surface area (Å²) in [5.74, 6) is -1.50. The molecule has 0 bridgehead atoms. The second-order valence-corrected chi connectivity index (χ2v) is 2.42. The summed E-state index contributed by atoms with van der Waals surface area (Å²) in [5, 5.41) is 0. The van der Waals surface area contributed by atoms with Gasteiger partial charge in [0, 0.05) is 5.69 Å². The van der Waals surface area contributed by atoms with Gasteiger partial charge in [0.05, 0.1) is 0 Å². The van der Waals surface area contributed by atoms with E-state index in [1.54, 1.807) is 0 Å². The molecule has 3 N–H and O–H groups in total. The molecule has 1 amide bonds. The summed E-state index contributed by atoms with van der Waals surface area (Å²) in [6.07, 6.45) is -4.56. The van der Waals surface area contributed by atoms with Gasteiger partial charge >= 0.3 is 6.18 Å². The Hall–Kier alpha value is -1.53. The van der Waals surface area contributed by atoms with Crippen molar-refractivity contribution < 1.29 is 18.0 Å². The summed E-state index contributed by atoms with van der Waals surface area (Å²) in [5.41, 5.74) is 3.41. The van der Waals surface area contributed by atoms with Crippen LogP contribution in [-0.2, 0) is 6.18 Å². The van der Waals surface area contributed by atoms with Crippen LogP contribution in [0.5, 0.6) is 0 Å². The number of aryl methyl sites for hydroxylation is 1. The van der Waals surface area contributed by atoms with Gasteiger partial charge in [-0.05, 0) is 6.92 Å². The van der Waals surface area contributed by atoms with Gasteiger partial charge in [0.2, 0.25) is 0 Å². The van der Waals surface area contributed by atoms with Gasteiger partial charge in [-0.25, -0.2) is 4.98 Å². The number of halogens is 3. The second-order valence-electron chi connectivity index (χ2n) is 2.42. The van der Waals surface area contributed by atoms with Crippen molar-refractivity contribution in [3.05, 3.63) is 17.2 Å². The molecule has 1 aromatic rings. The molecule has 0 radical (unpaired) electrons. The molecule has 0 saturated heterocycles. The number of aromatic amines is 1. The van der Waals surface area contributed by atoms with Crippen molar-refractivity contribution in [2.24, 2.45) is 5.73 Å². The number of nitrogens with one attached hydrogen (secondary N) is 1. The van der Waals surface area contributed by atoms with Crippen molar-refractivity contribution in [1.29, 1.82) is 0 Å². The molecule has 13 heavy (non-hydrogen) atoms. The molecule has 0 aliphatic carbocycles. The number of hydrogen-bond donors (Lipinski definition) is 2. The number of nitrogens with zero attached hydrogens (tertiary/aromatic N) is 1. The predicted molar refractivity (Wildman–Crippen MR) is 36.8 cm³/mol. The van der Waals surface area contributed by atoms with Gasteiger partial charge in [0.15, 0.2) is 11.5 Å². The Bertz CT molecular complexity index is 341. The number of aromatic nitrogens is 2. The van der Waals surface area contributed by atoms with Crippen LogP contribution < -0.4 is 5.73 Å². The number of amides is 1. The highest BCUT2D eigenvalue weighted by Crippen LogP contribution is 2.29. The Morgan fingerprint density at radius 3 is 2.31 bits per heavy atom. The predicted octanol–water partition coefficient (Wildman–Crippen LogP) is 0.836. The Balaban J connectivity index is 3.18. The number of alkyl halides is 3. The van der Waals surface area contributed by atoms with E-state index in [1.807, 2.05) is 0 Å². The number of carbonyl (C=O) groups is 1. The van der Waals surface area contributed by atoms with Gasteiger partial charge in [-0.1, -0.05) is 0 Å². The SMILES string of the molecule is Cc1[nH]c(C(N)=O)nc1C(F)(F)F. The van der Waals surface area contributed by atoms with E-state index >= 15 is 0 Å². The standard InChI is InChI=1S/C6H6F3N3O/c1-2-3(6(7,8)9)12-5(11-2)4(10)13/h1H3,(H2,10,13)(H,11,12). The number of nitrogens with two attached hydrogens (primary N) is 1. The maximum atomic E-state index is 12.1. The summed E-state index contributed by atoms with van der Waals surface area (Å²) < 4.78 is 36.3. The highest BCUT2D eigenvalue weighted by Gasteiger charge is 2.36. The number of primary amides is 1. The highest BCUT2D eigenvalue weighted by atomic mass is 19.4. The summed E-state index contributed by atoms with van der Waals surface area (Å²) in [6, 6.07) is 0. The third kappa shape index (κ3) is 1.79. The monoisotopic (exact) mass is 193 g/mol. The first-order valence-corrected chi connectivity index (χ1v) is 3.26. The minimum atomic E-state index is -4.56. The number of rotatable bonds is 1. The van der Waals surface area contributed by atoms with Crippen LogP contribution in [0.3, 0.4) is 0 Å². The normalized spacial score (nSPS) is 11.7. The lowest BCUT2D eigenvalue weighted by Crippen LogP contribution is -2.13. The average molecular weight is 193 g/mol. The number of imidazole rings is 1. The second kappa shape index (κ2) is 2.75. The smallest absolute Gasteiger partial charge is 0.363 e. The molecule has 7 heteroatoms. The van der Waals surface area contributed by atoms with Crippen molar-refractivity contribution in [1.82, 2.24) is 9.97 Å². The quantitative estimate of drug-likeness (QED) is 0.693. The lowest BCUT2D eigenvalue weighted by Gasteiger charge is -2.01. The van der Waals surface area contributed by atoms with Crippen LogP contribution >= 0.6 is 0 Å². The molecule has 1 rings (SSSR count). The first-order chi connectivity index (χ1) is 5.82. The van der Waals surface area contributed by atoms with E-state index in [9.17, 15) is 18.0 Å². The average Bonchev–Trinajstić information content (AvgIpc) is 2.29. The maximum absolute atomic E-state index is 12.1. The molecule has 0 aliphatic heterocycles. The fourth-order valence-corrected chi connectivity index (χ4v) is 0.853. The molecular weight excluding hydrogens is 187 g/mol. The van der Waals surface area contributed by atoms with Crippen molar-refractivity contribution in [3.63, 3.8) is 0 Å². The van der Waals surface area contributed by atoms with Gasteiger partial charge in [0.25, 0.3) is 5.91 Å². The van der Waals surface area contributed by atoms with Crippen LogP contribution in [0.2, 0.25) is 0 Å². The highest BCUT2D eigenvalue weighted by molar-refractivity contribution is 5.89. The largest absolute Gasteiger partial charge is 0.435 e. The minimum Gasteiger partial charge on any atom is -0.363 e. The zero-order valence-corrected chi connectivity index (χ0v) is 6.57. The van der Waals surface area contributed by atoms with Crippen molar-refractivity contribution in [2.75, 3.05) is 0 Å². The van der Waals surface area contributed by atoms with Crippen LogP contribution in [0.1, 0.15) is 22.0 Å². The molecular formula is C6H6F3N3O. The summed E-state index contributed by atoms with van der Waals surface area (Å²) in [4.78, 5) is 15.6. The molecule has 4 nitrogen and oxygen atoms in total. The molecule has 0 fully saturated rings. The van der Waals surface area contributed by atoms with Crippen LogP contribution in [0, 0.1) is 6.92 Å². The van der Waals surface area contributed by atoms with Gasteiger partial charge in [-0.15, -0.1) is 0 Å². The molecule has 0 atom stereocenters. The Morgan fingerprint density at radius 1 is 1.54 bits per heavy atom. The Labute approximate surface area is 71.0 Å². The molecule has 1 aromatic heterocycles. The molecule has 0 saturated carbocycles. The first kappa shape index (κ1) is 9.56. The third-order valence-corrected chi connectivity index (χ3v) is 1.39. The molecule has 0 spiro atoms. The number of carbonyl (C=O) groups excluding carboxylic acids is 1. The fourth-order valence-electron chi connectivity index (χ4n) is 0.853. The van der Waals surface area contributed by atoms with E-state index in [4.69, 9.17) is 5.73 Å². The topological polar surface area (TPSA) is 71.8 Å². The molecule has 1 heterocycles. The lowest BCUT2D eigenvalue weighted by molar-refractivity contribution is -0.141. The zero-order valence-electron chi connectivity index (χ0n) is 6.57. The van der Waals surface area contributed by atoms with Crippen molar-refractivity contribution >= 4 is 5.91 Å². The van der Waals surface area contributed by atoms with E-state index < -0.39 is 23.6 Å².